The molecule has 1 saturated heterocycles. The van der Waals surface area contributed by atoms with Gasteiger partial charge in [0, 0.05) is 21.5 Å². The molecule has 2 heterocycles. The molecule has 1 unspecified atom stereocenters. The number of thiophene rings is 1. The first-order valence-electron chi connectivity index (χ1n) is 9.04. The molecule has 0 radical (unpaired) electrons. The van der Waals surface area contributed by atoms with E-state index < -0.39 is 17.7 Å². The summed E-state index contributed by atoms with van der Waals surface area (Å²) in [5, 5.41) is 12.9. The Kier molecular flexibility index (Phi) is 6.17. The fourth-order valence-electron chi connectivity index (χ4n) is 3.34. The number of aryl methyl sites for hydroxylation is 1. The number of aliphatic hydroxyl groups excluding tert-OH is 1. The minimum Gasteiger partial charge on any atom is -0.507 e. The lowest BCUT2D eigenvalue weighted by Gasteiger charge is -2.24. The molecule has 1 atom stereocenters. The number of carbonyl (C=O) groups excluding carboxylic acids is 2. The van der Waals surface area contributed by atoms with Crippen LogP contribution in [0, 0.1) is 6.92 Å². The van der Waals surface area contributed by atoms with E-state index in [2.05, 4.69) is 22.9 Å². The minimum absolute atomic E-state index is 0.114. The molecule has 0 aliphatic carbocycles. The third kappa shape index (κ3) is 3.87. The molecule has 0 saturated carbocycles. The van der Waals surface area contributed by atoms with Crippen LogP contribution in [0.25, 0.3) is 5.76 Å². The van der Waals surface area contributed by atoms with E-state index in [4.69, 9.17) is 0 Å². The molecule has 1 fully saturated rings. The molecule has 4 nitrogen and oxygen atoms in total. The van der Waals surface area contributed by atoms with Gasteiger partial charge in [0.2, 0.25) is 0 Å². The van der Waals surface area contributed by atoms with Gasteiger partial charge in [0.25, 0.3) is 11.7 Å². The van der Waals surface area contributed by atoms with E-state index in [1.54, 1.807) is 29.2 Å². The van der Waals surface area contributed by atoms with Gasteiger partial charge in [-0.1, -0.05) is 47.8 Å². The highest BCUT2D eigenvalue weighted by molar-refractivity contribution is 9.10. The molecule has 0 spiro atoms. The summed E-state index contributed by atoms with van der Waals surface area (Å²) in [5.41, 5.74) is 1.74. The maximum absolute atomic E-state index is 12.8. The Balaban J connectivity index is 2.10. The molecule has 1 amide bonds. The smallest absolute Gasteiger partial charge is 0.295 e. The van der Waals surface area contributed by atoms with Gasteiger partial charge in [-0.05, 0) is 42.5 Å². The van der Waals surface area contributed by atoms with Crippen molar-refractivity contribution < 1.29 is 14.7 Å². The van der Waals surface area contributed by atoms with E-state index in [1.165, 1.54) is 11.3 Å². The van der Waals surface area contributed by atoms with E-state index in [-0.39, 0.29) is 11.3 Å². The van der Waals surface area contributed by atoms with Crippen LogP contribution in [0.2, 0.25) is 0 Å². The third-order valence-corrected chi connectivity index (χ3v) is 6.41. The summed E-state index contributed by atoms with van der Waals surface area (Å²) in [7, 11) is 0. The maximum Gasteiger partial charge on any atom is 0.295 e. The molecule has 0 bridgehead atoms. The van der Waals surface area contributed by atoms with Crippen LogP contribution in [0.1, 0.15) is 48.2 Å². The molecule has 3 rings (SSSR count). The van der Waals surface area contributed by atoms with Gasteiger partial charge in [-0.25, -0.2) is 0 Å². The number of Topliss-reactive ketones (excluding diaryl/α,β-unsaturated/α-hetero) is 1. The number of benzene rings is 1. The highest BCUT2D eigenvalue weighted by Gasteiger charge is 2.46. The molecule has 1 aliphatic heterocycles. The van der Waals surface area contributed by atoms with E-state index in [0.29, 0.717) is 12.1 Å². The molecule has 27 heavy (non-hydrogen) atoms. The van der Waals surface area contributed by atoms with Crippen LogP contribution >= 0.6 is 27.3 Å². The number of hydrogen-bond donors (Lipinski definition) is 1. The van der Waals surface area contributed by atoms with Crippen molar-refractivity contribution in [3.63, 3.8) is 0 Å². The molecular formula is C21H22BrNO3S. The third-order valence-electron chi connectivity index (χ3n) is 4.81. The number of unbranched alkanes of at least 4 members (excludes halogenated alkanes) is 2. The number of hydrogen-bond acceptors (Lipinski definition) is 4. The van der Waals surface area contributed by atoms with Gasteiger partial charge in [-0.2, -0.15) is 0 Å². The van der Waals surface area contributed by atoms with Gasteiger partial charge in [0.15, 0.2) is 0 Å². The summed E-state index contributed by atoms with van der Waals surface area (Å²) in [5.74, 6) is -1.25. The number of nitrogens with zero attached hydrogens (tertiary/aromatic N) is 1. The van der Waals surface area contributed by atoms with E-state index in [1.807, 2.05) is 18.4 Å². The summed E-state index contributed by atoms with van der Waals surface area (Å²) in [6.45, 7) is 4.58. The van der Waals surface area contributed by atoms with Crippen LogP contribution in [-0.4, -0.2) is 28.2 Å². The predicted molar refractivity (Wildman–Crippen MR) is 112 cm³/mol. The number of likely N-dealkylation sites (tertiary alicyclic amines) is 1. The first-order valence-corrected chi connectivity index (χ1v) is 10.7. The lowest BCUT2D eigenvalue weighted by molar-refractivity contribution is -0.139. The molecule has 1 aliphatic rings. The fraction of sp³-hybridized carbons (Fsp3) is 0.333. The zero-order valence-corrected chi connectivity index (χ0v) is 17.8. The van der Waals surface area contributed by atoms with E-state index in [0.717, 1.165) is 34.2 Å². The van der Waals surface area contributed by atoms with Crippen molar-refractivity contribution in [1.29, 1.82) is 0 Å². The highest BCUT2D eigenvalue weighted by atomic mass is 79.9. The average molecular weight is 448 g/mol. The van der Waals surface area contributed by atoms with Crippen molar-refractivity contribution >= 4 is 44.7 Å². The molecule has 2 aromatic rings. The van der Waals surface area contributed by atoms with Crippen LogP contribution in [0.15, 0.2) is 45.8 Å². The van der Waals surface area contributed by atoms with Gasteiger partial charge in [-0.15, -0.1) is 11.3 Å². The Bertz CT molecular complexity index is 885. The van der Waals surface area contributed by atoms with Crippen molar-refractivity contribution in [3.8, 4) is 0 Å². The Morgan fingerprint density at radius 3 is 2.48 bits per heavy atom. The second-order valence-electron chi connectivity index (χ2n) is 6.67. The van der Waals surface area contributed by atoms with Crippen molar-refractivity contribution in [3.05, 3.63) is 61.8 Å². The molecule has 1 aromatic carbocycles. The number of aliphatic hydroxyl groups is 1. The Labute approximate surface area is 171 Å². The monoisotopic (exact) mass is 447 g/mol. The maximum atomic E-state index is 12.8. The van der Waals surface area contributed by atoms with E-state index in [9.17, 15) is 14.7 Å². The Morgan fingerprint density at radius 2 is 1.89 bits per heavy atom. The Morgan fingerprint density at radius 1 is 1.19 bits per heavy atom. The molecule has 6 heteroatoms. The van der Waals surface area contributed by atoms with Crippen LogP contribution in [-0.2, 0) is 9.59 Å². The zero-order chi connectivity index (χ0) is 19.6. The van der Waals surface area contributed by atoms with Crippen LogP contribution in [0.4, 0.5) is 0 Å². The highest BCUT2D eigenvalue weighted by Crippen LogP contribution is 2.42. The summed E-state index contributed by atoms with van der Waals surface area (Å²) >= 11 is 4.89. The summed E-state index contributed by atoms with van der Waals surface area (Å²) in [6, 6.07) is 8.54. The van der Waals surface area contributed by atoms with Gasteiger partial charge in [0.05, 0.1) is 11.6 Å². The molecule has 1 aromatic heterocycles. The lowest BCUT2D eigenvalue weighted by Crippen LogP contribution is -2.30. The first-order chi connectivity index (χ1) is 13.0. The SMILES string of the molecule is CCCCCN1C(=O)C(=O)/C(=C(\O)c2ccc(Br)cc2)C1c1sccc1C. The van der Waals surface area contributed by atoms with Crippen molar-refractivity contribution in [2.75, 3.05) is 6.54 Å². The van der Waals surface area contributed by atoms with Gasteiger partial charge >= 0.3 is 0 Å². The summed E-state index contributed by atoms with van der Waals surface area (Å²) in [6.07, 6.45) is 2.86. The summed E-state index contributed by atoms with van der Waals surface area (Å²) in [4.78, 5) is 28.1. The topological polar surface area (TPSA) is 57.6 Å². The largest absolute Gasteiger partial charge is 0.507 e. The zero-order valence-electron chi connectivity index (χ0n) is 15.4. The number of carbonyl (C=O) groups is 2. The van der Waals surface area contributed by atoms with Crippen LogP contribution in [0.3, 0.4) is 0 Å². The first kappa shape index (κ1) is 19.8. The van der Waals surface area contributed by atoms with Gasteiger partial charge < -0.3 is 10.0 Å². The second kappa shape index (κ2) is 8.40. The fourth-order valence-corrected chi connectivity index (χ4v) is 4.65. The number of ketones is 1. The average Bonchev–Trinajstić information content (AvgIpc) is 3.18. The number of amides is 1. The predicted octanol–water partition coefficient (Wildman–Crippen LogP) is 5.43. The van der Waals surface area contributed by atoms with Gasteiger partial charge in [-0.3, -0.25) is 9.59 Å². The molecule has 1 N–H and O–H groups in total. The normalized spacial score (nSPS) is 19.1. The standard InChI is InChI=1S/C21H22BrNO3S/c1-3-4-5-11-23-17(20-13(2)10-12-27-20)16(19(25)21(23)26)18(24)14-6-8-15(22)9-7-14/h6-10,12,17,24H,3-5,11H2,1-2H3/b18-16-. The molecule has 142 valence electrons. The van der Waals surface area contributed by atoms with Crippen molar-refractivity contribution in [2.24, 2.45) is 0 Å². The number of halogens is 1. The lowest BCUT2D eigenvalue weighted by atomic mass is 9.98. The number of rotatable bonds is 6. The van der Waals surface area contributed by atoms with E-state index >= 15 is 0 Å². The van der Waals surface area contributed by atoms with Gasteiger partial charge in [0.1, 0.15) is 5.76 Å². The van der Waals surface area contributed by atoms with Crippen LogP contribution < -0.4 is 0 Å². The summed E-state index contributed by atoms with van der Waals surface area (Å²) < 4.78 is 0.879. The Hall–Kier alpha value is -1.92. The molecular weight excluding hydrogens is 426 g/mol. The second-order valence-corrected chi connectivity index (χ2v) is 8.54. The van der Waals surface area contributed by atoms with Crippen molar-refractivity contribution in [2.45, 2.75) is 39.2 Å². The minimum atomic E-state index is -0.607. The quantitative estimate of drug-likeness (QED) is 0.278. The van der Waals surface area contributed by atoms with Crippen LogP contribution in [0.5, 0.6) is 0 Å². The van der Waals surface area contributed by atoms with Crippen molar-refractivity contribution in [1.82, 2.24) is 4.90 Å².